The van der Waals surface area contributed by atoms with Gasteiger partial charge in [0.15, 0.2) is 5.69 Å². The molecule has 0 bridgehead atoms. The lowest BCUT2D eigenvalue weighted by molar-refractivity contribution is -0.142. The van der Waals surface area contributed by atoms with Gasteiger partial charge in [0.1, 0.15) is 11.6 Å². The molecule has 0 radical (unpaired) electrons. The standard InChI is InChI=1S/2C9H14N2.C8H10F3N3/c2*1-6(2)8-4-5-9(10)11-7(8)3;1-4(2)5-3-13-7(12)14-6(5)8(9,10)11/h2*4-6H,1-3H3,(H2,10,11);3-4H,1-2H3,(H2,12,13,14). The van der Waals surface area contributed by atoms with E-state index < -0.39 is 11.9 Å². The second-order valence-electron chi connectivity index (χ2n) is 9.32. The van der Waals surface area contributed by atoms with Gasteiger partial charge < -0.3 is 17.2 Å². The van der Waals surface area contributed by atoms with Crippen molar-refractivity contribution >= 4 is 17.6 Å². The average molecular weight is 506 g/mol. The maximum absolute atomic E-state index is 12.4. The Morgan fingerprint density at radius 3 is 1.33 bits per heavy atom. The molecule has 3 rings (SSSR count). The molecular weight excluding hydrogens is 467 g/mol. The fraction of sp³-hybridized carbons (Fsp3) is 0.462. The highest BCUT2D eigenvalue weighted by Crippen LogP contribution is 2.33. The first-order chi connectivity index (χ1) is 16.5. The summed E-state index contributed by atoms with van der Waals surface area (Å²) >= 11 is 0. The molecule has 198 valence electrons. The van der Waals surface area contributed by atoms with Crippen LogP contribution in [-0.2, 0) is 6.18 Å². The molecule has 3 aromatic rings. The van der Waals surface area contributed by atoms with Crippen LogP contribution in [0.5, 0.6) is 0 Å². The molecule has 3 heterocycles. The first-order valence-electron chi connectivity index (χ1n) is 11.7. The monoisotopic (exact) mass is 505 g/mol. The third-order valence-electron chi connectivity index (χ3n) is 5.27. The van der Waals surface area contributed by atoms with Gasteiger partial charge in [0.2, 0.25) is 5.95 Å². The molecule has 10 heteroatoms. The van der Waals surface area contributed by atoms with Crippen molar-refractivity contribution in [3.05, 3.63) is 64.2 Å². The minimum atomic E-state index is -4.48. The molecule has 0 aliphatic heterocycles. The van der Waals surface area contributed by atoms with Crippen LogP contribution in [0, 0.1) is 13.8 Å². The van der Waals surface area contributed by atoms with E-state index in [1.807, 2.05) is 38.1 Å². The summed E-state index contributed by atoms with van der Waals surface area (Å²) in [5.74, 6) is 1.62. The maximum Gasteiger partial charge on any atom is 0.433 e. The first kappa shape index (κ1) is 30.6. The number of hydrogen-bond acceptors (Lipinski definition) is 7. The number of hydrogen-bond donors (Lipinski definition) is 3. The van der Waals surface area contributed by atoms with Crippen LogP contribution in [0.25, 0.3) is 0 Å². The number of nitrogens with zero attached hydrogens (tertiary/aromatic N) is 4. The Labute approximate surface area is 211 Å². The second kappa shape index (κ2) is 13.0. The van der Waals surface area contributed by atoms with E-state index in [9.17, 15) is 13.2 Å². The van der Waals surface area contributed by atoms with E-state index in [1.165, 1.54) is 11.1 Å². The summed E-state index contributed by atoms with van der Waals surface area (Å²) in [6.07, 6.45) is -3.35. The number of anilines is 3. The lowest BCUT2D eigenvalue weighted by Crippen LogP contribution is -2.15. The molecule has 3 aromatic heterocycles. The van der Waals surface area contributed by atoms with E-state index in [1.54, 1.807) is 13.8 Å². The number of alkyl halides is 3. The van der Waals surface area contributed by atoms with Gasteiger partial charge in [-0.05, 0) is 54.9 Å². The molecule has 0 unspecified atom stereocenters. The molecule has 0 saturated carbocycles. The van der Waals surface area contributed by atoms with Crippen LogP contribution in [-0.4, -0.2) is 19.9 Å². The molecule has 0 aliphatic carbocycles. The molecule has 0 amide bonds. The van der Waals surface area contributed by atoms with Crippen molar-refractivity contribution in [2.24, 2.45) is 0 Å². The largest absolute Gasteiger partial charge is 0.433 e. The highest BCUT2D eigenvalue weighted by Gasteiger charge is 2.36. The number of pyridine rings is 2. The number of nitrogens with two attached hydrogens (primary N) is 3. The molecule has 0 spiro atoms. The fourth-order valence-corrected chi connectivity index (χ4v) is 3.46. The Kier molecular flexibility index (Phi) is 11.1. The molecule has 0 atom stereocenters. The predicted molar refractivity (Wildman–Crippen MR) is 140 cm³/mol. The normalized spacial score (nSPS) is 11.2. The zero-order chi connectivity index (χ0) is 27.8. The van der Waals surface area contributed by atoms with Crippen LogP contribution in [0.4, 0.5) is 30.8 Å². The quantitative estimate of drug-likeness (QED) is 0.376. The summed E-state index contributed by atoms with van der Waals surface area (Å²) in [6, 6.07) is 7.79. The van der Waals surface area contributed by atoms with E-state index in [-0.39, 0.29) is 17.4 Å². The van der Waals surface area contributed by atoms with Crippen LogP contribution in [0.1, 0.15) is 93.1 Å². The zero-order valence-electron chi connectivity index (χ0n) is 22.3. The SMILES string of the molecule is CC(C)c1cnc(N)nc1C(F)(F)F.Cc1nc(N)ccc1C(C)C.Cc1nc(N)ccc1C(C)C. The van der Waals surface area contributed by atoms with E-state index in [0.717, 1.165) is 17.6 Å². The Morgan fingerprint density at radius 2 is 1.03 bits per heavy atom. The minimum Gasteiger partial charge on any atom is -0.384 e. The van der Waals surface area contributed by atoms with Crippen molar-refractivity contribution in [1.29, 1.82) is 0 Å². The van der Waals surface area contributed by atoms with Gasteiger partial charge in [-0.3, -0.25) is 0 Å². The van der Waals surface area contributed by atoms with Gasteiger partial charge >= 0.3 is 6.18 Å². The summed E-state index contributed by atoms with van der Waals surface area (Å²) in [4.78, 5) is 15.1. The van der Waals surface area contributed by atoms with Crippen molar-refractivity contribution in [3.8, 4) is 0 Å². The first-order valence-corrected chi connectivity index (χ1v) is 11.7. The van der Waals surface area contributed by atoms with Gasteiger partial charge in [-0.15, -0.1) is 0 Å². The lowest BCUT2D eigenvalue weighted by atomic mass is 10.0. The van der Waals surface area contributed by atoms with Crippen LogP contribution in [0.3, 0.4) is 0 Å². The Bertz CT molecular complexity index is 1070. The van der Waals surface area contributed by atoms with Gasteiger partial charge in [-0.1, -0.05) is 53.7 Å². The van der Waals surface area contributed by atoms with E-state index in [0.29, 0.717) is 23.5 Å². The number of rotatable bonds is 3. The number of aromatic nitrogens is 4. The highest BCUT2D eigenvalue weighted by molar-refractivity contribution is 5.35. The smallest absolute Gasteiger partial charge is 0.384 e. The van der Waals surface area contributed by atoms with Gasteiger partial charge in [0.05, 0.1) is 0 Å². The van der Waals surface area contributed by atoms with Crippen molar-refractivity contribution in [2.75, 3.05) is 17.2 Å². The van der Waals surface area contributed by atoms with Gasteiger partial charge in [-0.2, -0.15) is 13.2 Å². The van der Waals surface area contributed by atoms with Gasteiger partial charge in [0, 0.05) is 23.1 Å². The molecule has 0 aromatic carbocycles. The van der Waals surface area contributed by atoms with E-state index in [2.05, 4.69) is 47.6 Å². The van der Waals surface area contributed by atoms with Crippen LogP contribution in [0.2, 0.25) is 0 Å². The Morgan fingerprint density at radius 1 is 0.639 bits per heavy atom. The second-order valence-corrected chi connectivity index (χ2v) is 9.32. The Balaban J connectivity index is 0.000000273. The summed E-state index contributed by atoms with van der Waals surface area (Å²) in [5.41, 5.74) is 19.9. The Hall–Kier alpha value is -3.43. The summed E-state index contributed by atoms with van der Waals surface area (Å²) in [5, 5.41) is 0. The van der Waals surface area contributed by atoms with Gasteiger partial charge in [-0.25, -0.2) is 19.9 Å². The third-order valence-corrected chi connectivity index (χ3v) is 5.27. The predicted octanol–water partition coefficient (Wildman–Crippen LogP) is 6.39. The zero-order valence-corrected chi connectivity index (χ0v) is 22.3. The topological polar surface area (TPSA) is 130 Å². The highest BCUT2D eigenvalue weighted by atomic mass is 19.4. The number of nitrogen functional groups attached to an aromatic ring is 3. The van der Waals surface area contributed by atoms with Gasteiger partial charge in [0.25, 0.3) is 0 Å². The molecule has 0 fully saturated rings. The average Bonchev–Trinajstić information content (AvgIpc) is 2.73. The molecule has 6 N–H and O–H groups in total. The van der Waals surface area contributed by atoms with E-state index >= 15 is 0 Å². The fourth-order valence-electron chi connectivity index (χ4n) is 3.46. The molecule has 0 aliphatic rings. The third kappa shape index (κ3) is 9.31. The van der Waals surface area contributed by atoms with Crippen LogP contribution in [0.15, 0.2) is 30.5 Å². The number of halogens is 3. The van der Waals surface area contributed by atoms with Crippen molar-refractivity contribution in [2.45, 2.75) is 79.3 Å². The molecule has 36 heavy (non-hydrogen) atoms. The van der Waals surface area contributed by atoms with Crippen molar-refractivity contribution in [3.63, 3.8) is 0 Å². The summed E-state index contributed by atoms with van der Waals surface area (Å²) in [7, 11) is 0. The summed E-state index contributed by atoms with van der Waals surface area (Å²) in [6.45, 7) is 15.9. The summed E-state index contributed by atoms with van der Waals surface area (Å²) < 4.78 is 37.3. The molecular formula is C26H38F3N7. The molecule has 7 nitrogen and oxygen atoms in total. The van der Waals surface area contributed by atoms with E-state index in [4.69, 9.17) is 17.2 Å². The molecule has 0 saturated heterocycles. The minimum absolute atomic E-state index is 0.0618. The van der Waals surface area contributed by atoms with Crippen LogP contribution >= 0.6 is 0 Å². The van der Waals surface area contributed by atoms with Crippen molar-refractivity contribution in [1.82, 2.24) is 19.9 Å². The maximum atomic E-state index is 12.4. The number of aryl methyl sites for hydroxylation is 2. The van der Waals surface area contributed by atoms with Crippen molar-refractivity contribution < 1.29 is 13.2 Å². The lowest BCUT2D eigenvalue weighted by Gasteiger charge is -2.13. The van der Waals surface area contributed by atoms with Crippen LogP contribution < -0.4 is 17.2 Å².